The highest BCUT2D eigenvalue weighted by atomic mass is 79.9. The Hall–Kier alpha value is -2.49. The molecule has 4 N–H and O–H groups in total. The van der Waals surface area contributed by atoms with Gasteiger partial charge in [0.25, 0.3) is 5.56 Å². The van der Waals surface area contributed by atoms with Crippen molar-refractivity contribution in [3.63, 3.8) is 0 Å². The van der Waals surface area contributed by atoms with E-state index in [1.807, 2.05) is 45.9 Å². The number of nitrogens with one attached hydrogen (secondary N) is 2. The highest BCUT2D eigenvalue weighted by Crippen LogP contribution is 2.39. The van der Waals surface area contributed by atoms with Crippen LogP contribution < -0.4 is 21.5 Å². The molecule has 39 heavy (non-hydrogen) atoms. The smallest absolute Gasteiger partial charge is 0.253 e. The monoisotopic (exact) mass is 604 g/mol. The lowest BCUT2D eigenvalue weighted by molar-refractivity contribution is 0.214. The van der Waals surface area contributed by atoms with Crippen LogP contribution >= 0.6 is 15.9 Å². The van der Waals surface area contributed by atoms with Crippen LogP contribution in [0.3, 0.4) is 0 Å². The number of aryl methyl sites for hydroxylation is 2. The maximum absolute atomic E-state index is 15.3. The number of hydrogen-bond donors (Lipinski definition) is 3. The average Bonchev–Trinajstić information content (AvgIpc) is 2.92. The molecule has 0 bridgehead atoms. The lowest BCUT2D eigenvalue weighted by Crippen LogP contribution is -2.42. The van der Waals surface area contributed by atoms with Crippen molar-refractivity contribution in [1.29, 1.82) is 0 Å². The molecule has 2 aromatic heterocycles. The van der Waals surface area contributed by atoms with Crippen molar-refractivity contribution >= 4 is 38.2 Å². The van der Waals surface area contributed by atoms with Crippen LogP contribution in [0.4, 0.5) is 15.9 Å². The van der Waals surface area contributed by atoms with E-state index in [0.717, 1.165) is 53.6 Å². The van der Waals surface area contributed by atoms with Crippen LogP contribution in [-0.4, -0.2) is 54.6 Å². The second-order valence-electron chi connectivity index (χ2n) is 9.81. The zero-order valence-corrected chi connectivity index (χ0v) is 26.4. The van der Waals surface area contributed by atoms with E-state index in [4.69, 9.17) is 0 Å². The Labute approximate surface area is 241 Å². The Kier molecular flexibility index (Phi) is 12.9. The lowest BCUT2D eigenvalue weighted by atomic mass is 9.89. The first-order valence-electron chi connectivity index (χ1n) is 13.9. The van der Waals surface area contributed by atoms with Crippen molar-refractivity contribution in [1.82, 2.24) is 14.9 Å². The predicted molar refractivity (Wildman–Crippen MR) is 167 cm³/mol. The molecular weight excluding hydrogens is 559 g/mol. The molecular formula is C30H46BrFN6O. The van der Waals surface area contributed by atoms with Crippen molar-refractivity contribution in [3.8, 4) is 0 Å². The Morgan fingerprint density at radius 1 is 1.10 bits per heavy atom. The maximum atomic E-state index is 15.3. The third-order valence-corrected chi connectivity index (χ3v) is 7.75. The van der Waals surface area contributed by atoms with Crippen LogP contribution in [0.2, 0.25) is 0 Å². The number of nitrogens with two attached hydrogens (primary N) is 1. The number of benzene rings is 1. The predicted octanol–water partition coefficient (Wildman–Crippen LogP) is 6.35. The summed E-state index contributed by atoms with van der Waals surface area (Å²) in [6.07, 6.45) is 5.73. The normalized spacial score (nSPS) is 16.7. The molecule has 1 saturated carbocycles. The summed E-state index contributed by atoms with van der Waals surface area (Å²) < 4.78 is 16.2. The lowest BCUT2D eigenvalue weighted by Gasteiger charge is -2.40. The summed E-state index contributed by atoms with van der Waals surface area (Å²) in [6.45, 7) is 11.0. The molecule has 4 rings (SSSR count). The first kappa shape index (κ1) is 32.7. The molecule has 0 saturated heterocycles. The zero-order chi connectivity index (χ0) is 29.3. The molecule has 2 heterocycles. The maximum Gasteiger partial charge on any atom is 0.253 e. The number of aromatic nitrogens is 2. The van der Waals surface area contributed by atoms with Gasteiger partial charge in [-0.05, 0) is 91.4 Å². The SMILES string of the molecule is CC.CCN(c1cc(Br)cc2c(NCc3c(C)cc(C)[nH]c3=O)ncc(F)c12)C1CCC(N(C)C)CC1.CN. The van der Waals surface area contributed by atoms with Gasteiger partial charge in [-0.15, -0.1) is 0 Å². The number of pyridine rings is 2. The van der Waals surface area contributed by atoms with Crippen LogP contribution in [-0.2, 0) is 6.54 Å². The van der Waals surface area contributed by atoms with E-state index in [1.54, 1.807) is 0 Å². The molecule has 0 aliphatic heterocycles. The number of rotatable bonds is 7. The van der Waals surface area contributed by atoms with Crippen molar-refractivity contribution in [2.45, 2.75) is 78.9 Å². The summed E-state index contributed by atoms with van der Waals surface area (Å²) in [5, 5.41) is 4.57. The number of nitrogens with zero attached hydrogens (tertiary/aromatic N) is 3. The summed E-state index contributed by atoms with van der Waals surface area (Å²) in [5.74, 6) is 0.230. The molecule has 0 amide bonds. The Bertz CT molecular complexity index is 1270. The average molecular weight is 606 g/mol. The van der Waals surface area contributed by atoms with Crippen LogP contribution in [0, 0.1) is 19.7 Å². The van der Waals surface area contributed by atoms with Gasteiger partial charge in [0.1, 0.15) is 5.82 Å². The van der Waals surface area contributed by atoms with E-state index in [2.05, 4.69) is 67.8 Å². The second-order valence-corrected chi connectivity index (χ2v) is 10.7. The number of fused-ring (bicyclic) bond motifs is 1. The van der Waals surface area contributed by atoms with Crippen molar-refractivity contribution in [2.75, 3.05) is 37.9 Å². The number of H-pyrrole nitrogens is 1. The largest absolute Gasteiger partial charge is 0.368 e. The Morgan fingerprint density at radius 2 is 1.72 bits per heavy atom. The van der Waals surface area contributed by atoms with E-state index < -0.39 is 0 Å². The van der Waals surface area contributed by atoms with E-state index >= 15 is 4.39 Å². The molecule has 1 aliphatic carbocycles. The molecule has 0 unspecified atom stereocenters. The van der Waals surface area contributed by atoms with Gasteiger partial charge in [-0.1, -0.05) is 29.8 Å². The molecule has 1 fully saturated rings. The number of aromatic amines is 1. The van der Waals surface area contributed by atoms with Crippen LogP contribution in [0.15, 0.2) is 33.7 Å². The topological polar surface area (TPSA) is 90.3 Å². The van der Waals surface area contributed by atoms with E-state index in [9.17, 15) is 4.79 Å². The summed E-state index contributed by atoms with van der Waals surface area (Å²) in [6, 6.07) is 6.85. The highest BCUT2D eigenvalue weighted by molar-refractivity contribution is 9.10. The van der Waals surface area contributed by atoms with Gasteiger partial charge in [0, 0.05) is 57.4 Å². The van der Waals surface area contributed by atoms with E-state index in [-0.39, 0.29) is 11.4 Å². The Morgan fingerprint density at radius 3 is 2.28 bits per heavy atom. The first-order chi connectivity index (χ1) is 18.7. The van der Waals surface area contributed by atoms with Crippen LogP contribution in [0.5, 0.6) is 0 Å². The highest BCUT2D eigenvalue weighted by Gasteiger charge is 2.28. The molecule has 9 heteroatoms. The fourth-order valence-corrected chi connectivity index (χ4v) is 5.88. The summed E-state index contributed by atoms with van der Waals surface area (Å²) >= 11 is 3.65. The van der Waals surface area contributed by atoms with Crippen molar-refractivity contribution < 1.29 is 4.39 Å². The van der Waals surface area contributed by atoms with Gasteiger partial charge < -0.3 is 25.8 Å². The van der Waals surface area contributed by atoms with Gasteiger partial charge >= 0.3 is 0 Å². The van der Waals surface area contributed by atoms with Gasteiger partial charge in [-0.25, -0.2) is 9.37 Å². The Balaban J connectivity index is 0.00000127. The van der Waals surface area contributed by atoms with Gasteiger partial charge in [0.2, 0.25) is 0 Å². The van der Waals surface area contributed by atoms with Gasteiger partial charge in [0.05, 0.1) is 6.20 Å². The van der Waals surface area contributed by atoms with Gasteiger partial charge in [-0.2, -0.15) is 0 Å². The molecule has 216 valence electrons. The molecule has 7 nitrogen and oxygen atoms in total. The molecule has 1 aromatic carbocycles. The number of anilines is 2. The number of halogens is 2. The molecule has 1 aliphatic rings. The number of hydrogen-bond acceptors (Lipinski definition) is 6. The minimum absolute atomic E-state index is 0.117. The minimum Gasteiger partial charge on any atom is -0.368 e. The summed E-state index contributed by atoms with van der Waals surface area (Å²) in [4.78, 5) is 24.4. The van der Waals surface area contributed by atoms with Gasteiger partial charge in [0.15, 0.2) is 5.82 Å². The molecule has 0 spiro atoms. The fraction of sp³-hybridized carbons (Fsp3) is 0.533. The third kappa shape index (κ3) is 7.80. The zero-order valence-electron chi connectivity index (χ0n) is 24.8. The summed E-state index contributed by atoms with van der Waals surface area (Å²) in [7, 11) is 5.79. The quantitative estimate of drug-likeness (QED) is 0.291. The summed E-state index contributed by atoms with van der Waals surface area (Å²) in [5.41, 5.74) is 7.66. The van der Waals surface area contributed by atoms with E-state index in [0.29, 0.717) is 40.8 Å². The standard InChI is InChI=1S/C27H35BrFN5O.C2H6.CH5N/c1-6-34(20-9-7-19(8-10-20)33(4)5)24-13-18(28)12-21-25(24)23(29)15-31-26(21)30-14-22-16(2)11-17(3)32-27(22)35;2*1-2/h11-13,15,19-20H,6-10,14H2,1-5H3,(H,30,31)(H,32,35);1-2H3;2H2,1H3. The minimum atomic E-state index is -0.335. The fourth-order valence-electron chi connectivity index (χ4n) is 5.44. The van der Waals surface area contributed by atoms with Crippen molar-refractivity contribution in [2.24, 2.45) is 5.73 Å². The van der Waals surface area contributed by atoms with E-state index in [1.165, 1.54) is 13.2 Å². The second kappa shape index (κ2) is 15.3. The van der Waals surface area contributed by atoms with Crippen LogP contribution in [0.25, 0.3) is 10.8 Å². The molecule has 3 aromatic rings. The van der Waals surface area contributed by atoms with Crippen LogP contribution in [0.1, 0.15) is 63.3 Å². The van der Waals surface area contributed by atoms with Crippen molar-refractivity contribution in [3.05, 3.63) is 61.9 Å². The molecule has 0 atom stereocenters. The third-order valence-electron chi connectivity index (χ3n) is 7.30. The van der Waals surface area contributed by atoms with Gasteiger partial charge in [-0.3, -0.25) is 4.79 Å². The molecule has 0 radical (unpaired) electrons. The first-order valence-corrected chi connectivity index (χ1v) is 14.7.